The highest BCUT2D eigenvalue weighted by molar-refractivity contribution is 7.86. The first kappa shape index (κ1) is 21.2. The Morgan fingerprint density at radius 2 is 1.52 bits per heavy atom. The van der Waals surface area contributed by atoms with Crippen LogP contribution in [-0.2, 0) is 19.2 Å². The van der Waals surface area contributed by atoms with Gasteiger partial charge in [0.25, 0.3) is 10.1 Å². The van der Waals surface area contributed by atoms with Gasteiger partial charge in [0, 0.05) is 6.54 Å². The number of unbranched alkanes of at least 4 members (excludes halogenated alkanes) is 2. The molecule has 0 bridgehead atoms. The fourth-order valence-electron chi connectivity index (χ4n) is 1.61. The Labute approximate surface area is 123 Å². The smallest absolute Gasteiger partial charge is 0.324 e. The van der Waals surface area contributed by atoms with E-state index in [-0.39, 0.29) is 6.42 Å². The van der Waals surface area contributed by atoms with Crippen molar-refractivity contribution in [3.63, 3.8) is 0 Å². The average Bonchev–Trinajstić information content (AvgIpc) is 2.22. The van der Waals surface area contributed by atoms with Gasteiger partial charge in [0.05, 0.1) is 0 Å². The molecular formula is C8H21NO9P2S. The molecule has 0 aromatic rings. The number of nitrogens with one attached hydrogen (secondary N) is 1. The van der Waals surface area contributed by atoms with Crippen LogP contribution >= 0.6 is 15.2 Å². The molecule has 13 heteroatoms. The molecule has 0 aliphatic rings. The van der Waals surface area contributed by atoms with E-state index < -0.39 is 42.6 Å². The van der Waals surface area contributed by atoms with Gasteiger partial charge in [-0.3, -0.25) is 19.0 Å². The first-order valence-electron chi connectivity index (χ1n) is 6.10. The first-order chi connectivity index (χ1) is 9.30. The largest absolute Gasteiger partial charge is 0.342 e. The Morgan fingerprint density at radius 3 is 1.86 bits per heavy atom. The SMILES string of the molecule is CCCCCC(NCC(P(=O)(O)O)P(=O)(O)O)S(=O)(=O)O. The quantitative estimate of drug-likeness (QED) is 0.175. The minimum Gasteiger partial charge on any atom is -0.324 e. The lowest BCUT2D eigenvalue weighted by molar-refractivity contribution is 0.333. The molecule has 0 heterocycles. The van der Waals surface area contributed by atoms with Gasteiger partial charge < -0.3 is 19.6 Å². The molecule has 0 spiro atoms. The Morgan fingerprint density at radius 1 is 1.05 bits per heavy atom. The van der Waals surface area contributed by atoms with Gasteiger partial charge in [0.15, 0.2) is 5.40 Å². The Kier molecular flexibility index (Phi) is 8.21. The molecule has 6 N–H and O–H groups in total. The molecule has 0 radical (unpaired) electrons. The van der Waals surface area contributed by atoms with Crippen molar-refractivity contribution in [1.82, 2.24) is 5.32 Å². The summed E-state index contributed by atoms with van der Waals surface area (Å²) >= 11 is 0. The Balaban J connectivity index is 4.94. The van der Waals surface area contributed by atoms with E-state index in [0.717, 1.165) is 6.42 Å². The number of rotatable bonds is 10. The maximum atomic E-state index is 11.1. The van der Waals surface area contributed by atoms with Crippen LogP contribution in [0, 0.1) is 0 Å². The number of hydrogen-bond acceptors (Lipinski definition) is 5. The van der Waals surface area contributed by atoms with E-state index in [0.29, 0.717) is 12.8 Å². The van der Waals surface area contributed by atoms with E-state index in [2.05, 4.69) is 5.32 Å². The van der Waals surface area contributed by atoms with Crippen molar-refractivity contribution in [2.75, 3.05) is 6.54 Å². The maximum absolute atomic E-state index is 11.1. The molecule has 0 aliphatic carbocycles. The summed E-state index contributed by atoms with van der Waals surface area (Å²) in [4.78, 5) is 35.6. The maximum Gasteiger partial charge on any atom is 0.342 e. The van der Waals surface area contributed by atoms with Crippen molar-refractivity contribution in [1.29, 1.82) is 0 Å². The molecule has 0 aliphatic heterocycles. The topological polar surface area (TPSA) is 181 Å². The van der Waals surface area contributed by atoms with Crippen molar-refractivity contribution < 1.29 is 41.7 Å². The van der Waals surface area contributed by atoms with E-state index in [1.807, 2.05) is 6.92 Å². The van der Waals surface area contributed by atoms with E-state index in [1.165, 1.54) is 0 Å². The zero-order valence-electron chi connectivity index (χ0n) is 11.4. The molecule has 0 fully saturated rings. The van der Waals surface area contributed by atoms with Crippen molar-refractivity contribution in [2.24, 2.45) is 0 Å². The highest BCUT2D eigenvalue weighted by Gasteiger charge is 2.43. The van der Waals surface area contributed by atoms with Gasteiger partial charge in [-0.05, 0) is 6.42 Å². The predicted molar refractivity (Wildman–Crippen MR) is 75.4 cm³/mol. The molecule has 128 valence electrons. The highest BCUT2D eigenvalue weighted by Crippen LogP contribution is 2.59. The standard InChI is InChI=1S/C8H21NO9P2S/c1-2-3-4-5-7(21(16,17)18)9-6-8(19(10,11)12)20(13,14)15/h7-9H,2-6H2,1H3,(H2,10,11,12)(H2,13,14,15)(H,16,17,18). The van der Waals surface area contributed by atoms with Gasteiger partial charge in [-0.25, -0.2) is 0 Å². The molecule has 1 atom stereocenters. The normalized spacial score (nSPS) is 15.4. The zero-order chi connectivity index (χ0) is 16.9. The molecule has 0 amide bonds. The average molecular weight is 369 g/mol. The second-order valence-corrected chi connectivity index (χ2v) is 10.2. The molecule has 0 rings (SSSR count). The number of hydrogen-bond donors (Lipinski definition) is 6. The summed E-state index contributed by atoms with van der Waals surface area (Å²) in [5.74, 6) is 0. The summed E-state index contributed by atoms with van der Waals surface area (Å²) < 4.78 is 53.4. The lowest BCUT2D eigenvalue weighted by Gasteiger charge is -2.22. The predicted octanol–water partition coefficient (Wildman–Crippen LogP) is 0.0517. The van der Waals surface area contributed by atoms with Gasteiger partial charge >= 0.3 is 15.2 Å². The molecule has 1 unspecified atom stereocenters. The van der Waals surface area contributed by atoms with E-state index in [4.69, 9.17) is 24.1 Å². The third-order valence-corrected chi connectivity index (χ3v) is 7.58. The second-order valence-electron chi connectivity index (χ2n) is 4.57. The lowest BCUT2D eigenvalue weighted by Crippen LogP contribution is -2.40. The van der Waals surface area contributed by atoms with Crippen LogP contribution in [0.15, 0.2) is 0 Å². The molecule has 0 aromatic carbocycles. The van der Waals surface area contributed by atoms with Crippen LogP contribution in [0.3, 0.4) is 0 Å². The summed E-state index contributed by atoms with van der Waals surface area (Å²) in [7, 11) is -14.8. The van der Waals surface area contributed by atoms with E-state index in [1.54, 1.807) is 0 Å². The van der Waals surface area contributed by atoms with Crippen LogP contribution in [-0.4, -0.2) is 49.9 Å². The molecule has 10 nitrogen and oxygen atoms in total. The third kappa shape index (κ3) is 8.39. The van der Waals surface area contributed by atoms with E-state index in [9.17, 15) is 17.5 Å². The van der Waals surface area contributed by atoms with Crippen LogP contribution in [0.2, 0.25) is 0 Å². The summed E-state index contributed by atoms with van der Waals surface area (Å²) in [6, 6.07) is 0. The van der Waals surface area contributed by atoms with Gasteiger partial charge in [-0.1, -0.05) is 26.2 Å². The first-order valence-corrected chi connectivity index (χ1v) is 11.0. The van der Waals surface area contributed by atoms with Crippen molar-refractivity contribution in [2.45, 2.75) is 43.4 Å². The van der Waals surface area contributed by atoms with Crippen molar-refractivity contribution >= 4 is 25.3 Å². The summed E-state index contributed by atoms with van der Waals surface area (Å²) in [6.07, 6.45) is 1.84. The minimum atomic E-state index is -5.14. The fraction of sp³-hybridized carbons (Fsp3) is 1.00. The molecule has 0 aromatic heterocycles. The summed E-state index contributed by atoms with van der Waals surface area (Å²) in [5.41, 5.74) is 0. The summed E-state index contributed by atoms with van der Waals surface area (Å²) in [5, 5.41) is -1.79. The van der Waals surface area contributed by atoms with Gasteiger partial charge in [0.2, 0.25) is 0 Å². The van der Waals surface area contributed by atoms with Crippen LogP contribution < -0.4 is 5.32 Å². The van der Waals surface area contributed by atoms with Crippen LogP contribution in [0.1, 0.15) is 32.6 Å². The van der Waals surface area contributed by atoms with Gasteiger partial charge in [0.1, 0.15) is 5.37 Å². The molecule has 21 heavy (non-hydrogen) atoms. The van der Waals surface area contributed by atoms with Gasteiger partial charge in [-0.2, -0.15) is 8.42 Å². The molecule has 0 saturated heterocycles. The second kappa shape index (κ2) is 8.14. The third-order valence-electron chi connectivity index (χ3n) is 2.73. The fourth-order valence-corrected chi connectivity index (χ4v) is 4.63. The van der Waals surface area contributed by atoms with Crippen LogP contribution in [0.4, 0.5) is 0 Å². The van der Waals surface area contributed by atoms with E-state index >= 15 is 0 Å². The Bertz CT molecular complexity index is 488. The summed E-state index contributed by atoms with van der Waals surface area (Å²) in [6.45, 7) is 0.929. The van der Waals surface area contributed by atoms with Crippen molar-refractivity contribution in [3.8, 4) is 0 Å². The minimum absolute atomic E-state index is 0.0400. The van der Waals surface area contributed by atoms with Gasteiger partial charge in [-0.15, -0.1) is 0 Å². The van der Waals surface area contributed by atoms with Crippen molar-refractivity contribution in [3.05, 3.63) is 0 Å². The Hall–Kier alpha value is 0.170. The molecular weight excluding hydrogens is 348 g/mol. The zero-order valence-corrected chi connectivity index (χ0v) is 14.0. The molecule has 0 saturated carbocycles. The highest BCUT2D eigenvalue weighted by atomic mass is 32.2. The van der Waals surface area contributed by atoms with Crippen LogP contribution in [0.5, 0.6) is 0 Å². The monoisotopic (exact) mass is 369 g/mol. The lowest BCUT2D eigenvalue weighted by atomic mass is 10.2. The van der Waals surface area contributed by atoms with Crippen LogP contribution in [0.25, 0.3) is 0 Å².